The van der Waals surface area contributed by atoms with Gasteiger partial charge in [0.15, 0.2) is 0 Å². The lowest BCUT2D eigenvalue weighted by atomic mass is 9.53. The molecule has 304 valence electrons. The first kappa shape index (κ1) is 40.2. The van der Waals surface area contributed by atoms with Gasteiger partial charge < -0.3 is 30.9 Å². The number of ether oxygens (including phenoxy) is 1. The van der Waals surface area contributed by atoms with E-state index in [9.17, 15) is 24.0 Å². The smallest absolute Gasteiger partial charge is 0.315 e. The molecule has 1 aliphatic heterocycles. The van der Waals surface area contributed by atoms with E-state index in [1.54, 1.807) is 23.1 Å². The van der Waals surface area contributed by atoms with Crippen LogP contribution in [-0.4, -0.2) is 77.8 Å². The van der Waals surface area contributed by atoms with Crippen LogP contribution in [0.3, 0.4) is 0 Å². The normalized spacial score (nSPS) is 30.9. The molecule has 4 N–H and O–H groups in total. The number of benzene rings is 1. The van der Waals surface area contributed by atoms with E-state index < -0.39 is 35.7 Å². The van der Waals surface area contributed by atoms with E-state index in [1.807, 2.05) is 30.3 Å². The standard InChI is InChI=1S/C45H63N5O6/c1-4-5-18-35(39(51)41(53)46-19-12-13-20-56-28-29-14-8-6-9-15-29)47-40(52)38-36-34(44(36,2)3)27-50(38)42(54)37(33-16-10-7-11-17-33)48-43(55)49-45-24-30-21-31(25-45)23-32(22-30)26-45/h4,6,8-9,12-15,30-38H,1,5,7,10-11,16-28H2,2-3H3,(H,46,53)(H,47,52)(H2,48,49,55)/b13-12+/t30?,31?,32?,34?,35-,36?,37+,38+,45?/m1/s1. The Hall–Kier alpha value is -3.99. The Bertz CT molecular complexity index is 1620. The number of rotatable bonds is 17. The molecule has 1 saturated heterocycles. The summed E-state index contributed by atoms with van der Waals surface area (Å²) in [5, 5.41) is 12.2. The van der Waals surface area contributed by atoms with Gasteiger partial charge in [-0.2, -0.15) is 0 Å². The molecule has 8 rings (SSSR count). The lowest BCUT2D eigenvalue weighted by molar-refractivity contribution is -0.144. The van der Waals surface area contributed by atoms with Gasteiger partial charge in [0.25, 0.3) is 5.91 Å². The van der Waals surface area contributed by atoms with Crippen LogP contribution in [0.4, 0.5) is 4.79 Å². The Labute approximate surface area is 332 Å². The van der Waals surface area contributed by atoms with E-state index in [0.29, 0.717) is 43.9 Å². The first-order valence-corrected chi connectivity index (χ1v) is 21.4. The Morgan fingerprint density at radius 1 is 0.929 bits per heavy atom. The highest BCUT2D eigenvalue weighted by atomic mass is 16.5. The molecular weight excluding hydrogens is 707 g/mol. The number of Topliss-reactive ketones (excluding diaryl/α,β-unsaturated/α-hetero) is 1. The molecule has 5 atom stereocenters. The summed E-state index contributed by atoms with van der Waals surface area (Å²) in [7, 11) is 0. The van der Waals surface area contributed by atoms with E-state index in [-0.39, 0.29) is 53.6 Å². The predicted octanol–water partition coefficient (Wildman–Crippen LogP) is 5.60. The molecule has 0 aromatic heterocycles. The van der Waals surface area contributed by atoms with Crippen molar-refractivity contribution in [3.8, 4) is 0 Å². The van der Waals surface area contributed by atoms with E-state index >= 15 is 0 Å². The van der Waals surface area contributed by atoms with Crippen LogP contribution in [0.1, 0.15) is 103 Å². The molecule has 6 aliphatic carbocycles. The number of piperidine rings is 1. The van der Waals surface area contributed by atoms with Gasteiger partial charge in [0, 0.05) is 18.6 Å². The molecule has 11 heteroatoms. The van der Waals surface area contributed by atoms with Crippen LogP contribution in [0.5, 0.6) is 0 Å². The number of nitrogens with zero attached hydrogens (tertiary/aromatic N) is 1. The molecule has 1 aromatic carbocycles. The zero-order chi connectivity index (χ0) is 39.5. The van der Waals surface area contributed by atoms with Crippen molar-refractivity contribution in [3.63, 3.8) is 0 Å². The van der Waals surface area contributed by atoms with Gasteiger partial charge >= 0.3 is 6.03 Å². The van der Waals surface area contributed by atoms with E-state index in [0.717, 1.165) is 56.9 Å². The van der Waals surface area contributed by atoms with Crippen LogP contribution < -0.4 is 21.3 Å². The van der Waals surface area contributed by atoms with Crippen molar-refractivity contribution >= 4 is 29.5 Å². The van der Waals surface area contributed by atoms with Gasteiger partial charge in [0.05, 0.1) is 19.3 Å². The van der Waals surface area contributed by atoms with Gasteiger partial charge in [-0.1, -0.05) is 81.7 Å². The lowest BCUT2D eigenvalue weighted by Crippen LogP contribution is -2.64. The Balaban J connectivity index is 0.991. The number of hydrogen-bond acceptors (Lipinski definition) is 6. The molecule has 1 aromatic rings. The molecule has 5 amide bonds. The van der Waals surface area contributed by atoms with Crippen molar-refractivity contribution in [3.05, 3.63) is 60.7 Å². The molecule has 6 saturated carbocycles. The number of amides is 5. The summed E-state index contributed by atoms with van der Waals surface area (Å²) in [6, 6.07) is 6.95. The number of nitrogens with one attached hydrogen (secondary N) is 4. The molecular formula is C45H63N5O6. The van der Waals surface area contributed by atoms with Crippen molar-refractivity contribution in [2.24, 2.45) is 40.9 Å². The fourth-order valence-electron chi connectivity index (χ4n) is 11.7. The summed E-state index contributed by atoms with van der Waals surface area (Å²) in [4.78, 5) is 71.3. The number of likely N-dealkylation sites (tertiary alicyclic amines) is 1. The molecule has 0 radical (unpaired) electrons. The monoisotopic (exact) mass is 769 g/mol. The fourth-order valence-corrected chi connectivity index (χ4v) is 11.7. The second kappa shape index (κ2) is 17.2. The maximum atomic E-state index is 14.8. The van der Waals surface area contributed by atoms with Crippen molar-refractivity contribution < 1.29 is 28.7 Å². The molecule has 7 fully saturated rings. The van der Waals surface area contributed by atoms with Crippen LogP contribution in [0.15, 0.2) is 55.1 Å². The van der Waals surface area contributed by atoms with Crippen molar-refractivity contribution in [1.29, 1.82) is 0 Å². The Kier molecular flexibility index (Phi) is 12.4. The van der Waals surface area contributed by atoms with Gasteiger partial charge in [-0.3, -0.25) is 19.2 Å². The SMILES string of the molecule is C=CCC[C@@H](NC(=O)[C@@H]1C2C(CN1C(=O)[C@@H](NC(=O)NC13CC4CC(CC(C4)C1)C3)C1CCCCC1)C2(C)C)C(=O)C(=O)NC/C=C/COCc1ccccc1. The van der Waals surface area contributed by atoms with Crippen LogP contribution in [0, 0.1) is 40.9 Å². The third-order valence-corrected chi connectivity index (χ3v) is 14.2. The number of carbonyl (C=O) groups is 5. The maximum absolute atomic E-state index is 14.8. The predicted molar refractivity (Wildman–Crippen MR) is 214 cm³/mol. The van der Waals surface area contributed by atoms with Crippen molar-refractivity contribution in [2.75, 3.05) is 19.7 Å². The van der Waals surface area contributed by atoms with Gasteiger partial charge in [-0.15, -0.1) is 6.58 Å². The summed E-state index contributed by atoms with van der Waals surface area (Å²) >= 11 is 0. The van der Waals surface area contributed by atoms with Gasteiger partial charge in [-0.05, 0) is 111 Å². The topological polar surface area (TPSA) is 146 Å². The van der Waals surface area contributed by atoms with Crippen LogP contribution >= 0.6 is 0 Å². The number of ketones is 1. The number of hydrogen-bond donors (Lipinski definition) is 4. The second-order valence-corrected chi connectivity index (χ2v) is 18.5. The quantitative estimate of drug-likeness (QED) is 0.0924. The van der Waals surface area contributed by atoms with Crippen LogP contribution in [0.25, 0.3) is 0 Å². The highest BCUT2D eigenvalue weighted by Crippen LogP contribution is 2.65. The van der Waals surface area contributed by atoms with Crippen molar-refractivity contribution in [2.45, 2.75) is 128 Å². The molecule has 0 spiro atoms. The lowest BCUT2D eigenvalue weighted by Gasteiger charge is -2.56. The minimum absolute atomic E-state index is 0.0119. The molecule has 1 heterocycles. The van der Waals surface area contributed by atoms with E-state index in [4.69, 9.17) is 4.74 Å². The first-order chi connectivity index (χ1) is 27.0. The third-order valence-electron chi connectivity index (χ3n) is 14.2. The van der Waals surface area contributed by atoms with Gasteiger partial charge in [0.1, 0.15) is 12.1 Å². The van der Waals surface area contributed by atoms with E-state index in [1.165, 1.54) is 19.3 Å². The Morgan fingerprint density at radius 3 is 2.27 bits per heavy atom. The van der Waals surface area contributed by atoms with Crippen LogP contribution in [0.2, 0.25) is 0 Å². The maximum Gasteiger partial charge on any atom is 0.315 e. The summed E-state index contributed by atoms with van der Waals surface area (Å²) < 4.78 is 5.64. The third kappa shape index (κ3) is 8.93. The average molecular weight is 770 g/mol. The number of carbonyl (C=O) groups excluding carboxylic acids is 5. The summed E-state index contributed by atoms with van der Waals surface area (Å²) in [6.45, 7) is 9.40. The largest absolute Gasteiger partial charge is 0.373 e. The second-order valence-electron chi connectivity index (χ2n) is 18.5. The summed E-state index contributed by atoms with van der Waals surface area (Å²) in [6.07, 6.45) is 17.5. The highest BCUT2D eigenvalue weighted by molar-refractivity contribution is 6.38. The minimum Gasteiger partial charge on any atom is -0.373 e. The fraction of sp³-hybridized carbons (Fsp3) is 0.667. The van der Waals surface area contributed by atoms with Crippen molar-refractivity contribution in [1.82, 2.24) is 26.2 Å². The van der Waals surface area contributed by atoms with Gasteiger partial charge in [-0.25, -0.2) is 4.79 Å². The minimum atomic E-state index is -1.07. The molecule has 56 heavy (non-hydrogen) atoms. The zero-order valence-corrected chi connectivity index (χ0v) is 33.4. The zero-order valence-electron chi connectivity index (χ0n) is 33.4. The number of fused-ring (bicyclic) bond motifs is 1. The first-order valence-electron chi connectivity index (χ1n) is 21.4. The molecule has 11 nitrogen and oxygen atoms in total. The van der Waals surface area contributed by atoms with E-state index in [2.05, 4.69) is 41.7 Å². The van der Waals surface area contributed by atoms with Gasteiger partial charge in [0.2, 0.25) is 17.6 Å². The summed E-state index contributed by atoms with van der Waals surface area (Å²) in [5.41, 5.74) is 0.721. The number of urea groups is 1. The highest BCUT2D eigenvalue weighted by Gasteiger charge is 2.70. The molecule has 2 unspecified atom stereocenters. The Morgan fingerprint density at radius 2 is 1.61 bits per heavy atom. The molecule has 4 bridgehead atoms. The summed E-state index contributed by atoms with van der Waals surface area (Å²) in [5.74, 6) is -0.104. The molecule has 7 aliphatic rings. The average Bonchev–Trinajstić information content (AvgIpc) is 3.46. The van der Waals surface area contributed by atoms with Crippen LogP contribution in [-0.2, 0) is 30.5 Å². The number of allylic oxidation sites excluding steroid dienone is 1.